The molecule has 0 spiro atoms. The second-order valence-electron chi connectivity index (χ2n) is 12.0. The predicted molar refractivity (Wildman–Crippen MR) is 166 cm³/mol. The lowest BCUT2D eigenvalue weighted by atomic mass is 9.51. The van der Waals surface area contributed by atoms with E-state index < -0.39 is 52.6 Å². The zero-order valence-corrected chi connectivity index (χ0v) is 26.2. The molecule has 2 heterocycles. The number of hydrogen-bond acceptors (Lipinski definition) is 5. The second kappa shape index (κ2) is 10.3. The van der Waals surface area contributed by atoms with Crippen LogP contribution in [0.4, 0.5) is 15.8 Å². The molecule has 7 rings (SSSR count). The first-order valence-corrected chi connectivity index (χ1v) is 15.6. The number of anilines is 2. The molecule has 0 bridgehead atoms. The Morgan fingerprint density at radius 1 is 0.886 bits per heavy atom. The third kappa shape index (κ3) is 4.05. The predicted octanol–water partition coefficient (Wildman–Crippen LogP) is 7.04. The van der Waals surface area contributed by atoms with Crippen molar-refractivity contribution in [1.82, 2.24) is 0 Å². The number of phenolic OH excluding ortho intramolecular Hbond substituents is 1. The van der Waals surface area contributed by atoms with E-state index in [1.165, 1.54) is 29.2 Å². The van der Waals surface area contributed by atoms with E-state index in [1.54, 1.807) is 37.3 Å². The third-order valence-corrected chi connectivity index (χ3v) is 10.9. The van der Waals surface area contributed by atoms with Gasteiger partial charge in [0.15, 0.2) is 0 Å². The van der Waals surface area contributed by atoms with Crippen molar-refractivity contribution in [2.75, 3.05) is 9.80 Å². The van der Waals surface area contributed by atoms with Gasteiger partial charge in [-0.05, 0) is 86.3 Å². The summed E-state index contributed by atoms with van der Waals surface area (Å²) >= 11 is 15.8. The molecule has 2 aliphatic heterocycles. The van der Waals surface area contributed by atoms with Crippen LogP contribution < -0.4 is 9.80 Å². The van der Waals surface area contributed by atoms with Gasteiger partial charge in [0.2, 0.25) is 23.6 Å². The SMILES string of the molecule is CC12C(=O)N(c3ccc(F)c(Cl)c3)C(=O)C1CC1C(=CCC3C(=O)N(c4ccc(Br)cc4)C(=O)C31)C2c1cc(Cl)ccc1O. The summed E-state index contributed by atoms with van der Waals surface area (Å²) in [7, 11) is 0. The van der Waals surface area contributed by atoms with E-state index in [0.717, 1.165) is 15.4 Å². The number of allylic oxidation sites excluding steroid dienone is 2. The number of hydrogen-bond donors (Lipinski definition) is 1. The minimum absolute atomic E-state index is 0.114. The molecule has 3 fully saturated rings. The lowest BCUT2D eigenvalue weighted by molar-refractivity contribution is -0.131. The normalized spacial score (nSPS) is 29.5. The van der Waals surface area contributed by atoms with E-state index in [0.29, 0.717) is 21.8 Å². The highest BCUT2D eigenvalue weighted by atomic mass is 79.9. The molecule has 224 valence electrons. The van der Waals surface area contributed by atoms with Crippen LogP contribution in [0.15, 0.2) is 76.8 Å². The molecule has 0 aromatic heterocycles. The van der Waals surface area contributed by atoms with Gasteiger partial charge in [-0.25, -0.2) is 9.29 Å². The number of imide groups is 2. The number of rotatable bonds is 3. The summed E-state index contributed by atoms with van der Waals surface area (Å²) in [4.78, 5) is 58.7. The standard InChI is InChI=1S/C33H24BrCl2FN2O5/c1-33-23(30(42)39(32(33)44)18-7-10-25(37)24(36)13-18)14-21-19(28(33)22-12-16(35)4-11-26(22)40)8-9-20-27(21)31(43)38(29(20)41)17-5-2-15(34)3-6-17/h2-8,10-13,20-21,23,27-28,40H,9,14H2,1H3. The summed E-state index contributed by atoms with van der Waals surface area (Å²) in [6.45, 7) is 1.69. The molecule has 2 aliphatic carbocycles. The lowest BCUT2D eigenvalue weighted by Gasteiger charge is -2.49. The molecule has 3 aromatic rings. The smallest absolute Gasteiger partial charge is 0.241 e. The van der Waals surface area contributed by atoms with Gasteiger partial charge in [-0.3, -0.25) is 24.1 Å². The van der Waals surface area contributed by atoms with Crippen LogP contribution >= 0.6 is 39.1 Å². The first-order chi connectivity index (χ1) is 20.9. The molecule has 6 unspecified atom stereocenters. The van der Waals surface area contributed by atoms with Crippen molar-refractivity contribution in [2.45, 2.75) is 25.7 Å². The fourth-order valence-electron chi connectivity index (χ4n) is 7.83. The molecule has 11 heteroatoms. The van der Waals surface area contributed by atoms with Gasteiger partial charge in [0, 0.05) is 21.0 Å². The fourth-order valence-corrected chi connectivity index (χ4v) is 8.45. The highest BCUT2D eigenvalue weighted by Gasteiger charge is 2.68. The number of benzene rings is 3. The number of amides is 4. The van der Waals surface area contributed by atoms with Crippen molar-refractivity contribution in [2.24, 2.45) is 29.1 Å². The first kappa shape index (κ1) is 29.2. The molecule has 44 heavy (non-hydrogen) atoms. The molecule has 7 nitrogen and oxygen atoms in total. The number of carbonyl (C=O) groups excluding carboxylic acids is 4. The van der Waals surface area contributed by atoms with Crippen LogP contribution in [0.3, 0.4) is 0 Å². The molecule has 4 aliphatic rings. The van der Waals surface area contributed by atoms with Crippen molar-refractivity contribution >= 4 is 74.1 Å². The van der Waals surface area contributed by atoms with Gasteiger partial charge >= 0.3 is 0 Å². The van der Waals surface area contributed by atoms with Crippen molar-refractivity contribution < 1.29 is 28.7 Å². The quantitative estimate of drug-likeness (QED) is 0.234. The lowest BCUT2D eigenvalue weighted by Crippen LogP contribution is -2.48. The van der Waals surface area contributed by atoms with Crippen LogP contribution in [0.5, 0.6) is 5.75 Å². The largest absolute Gasteiger partial charge is 0.508 e. The van der Waals surface area contributed by atoms with Gasteiger partial charge in [0.05, 0.1) is 39.6 Å². The summed E-state index contributed by atoms with van der Waals surface area (Å²) in [6.07, 6.45) is 2.28. The Balaban J connectivity index is 1.38. The number of nitrogens with zero attached hydrogens (tertiary/aromatic N) is 2. The zero-order valence-electron chi connectivity index (χ0n) is 23.1. The highest BCUT2D eigenvalue weighted by Crippen LogP contribution is 2.64. The molecule has 6 atom stereocenters. The topological polar surface area (TPSA) is 95.0 Å². The maximum absolute atomic E-state index is 14.4. The molecule has 3 aromatic carbocycles. The van der Waals surface area contributed by atoms with Crippen LogP contribution in [0.25, 0.3) is 0 Å². The van der Waals surface area contributed by atoms with Crippen molar-refractivity contribution in [3.8, 4) is 5.75 Å². The Hall–Kier alpha value is -3.53. The summed E-state index contributed by atoms with van der Waals surface area (Å²) in [5, 5.41) is 11.2. The molecule has 1 N–H and O–H groups in total. The number of phenols is 1. The van der Waals surface area contributed by atoms with Gasteiger partial charge in [0.1, 0.15) is 11.6 Å². The average Bonchev–Trinajstić information content (AvgIpc) is 3.36. The molecular weight excluding hydrogens is 674 g/mol. The van der Waals surface area contributed by atoms with Crippen LogP contribution in [0.1, 0.15) is 31.2 Å². The van der Waals surface area contributed by atoms with Crippen LogP contribution in [-0.2, 0) is 19.2 Å². The van der Waals surface area contributed by atoms with E-state index in [9.17, 15) is 28.7 Å². The first-order valence-electron chi connectivity index (χ1n) is 14.1. The molecule has 2 saturated heterocycles. The van der Waals surface area contributed by atoms with E-state index in [1.807, 2.05) is 6.08 Å². The Morgan fingerprint density at radius 3 is 2.30 bits per heavy atom. The Kier molecular flexibility index (Phi) is 6.81. The second-order valence-corrected chi connectivity index (χ2v) is 13.7. The summed E-state index contributed by atoms with van der Waals surface area (Å²) in [5.74, 6) is -6.28. The average molecular weight is 698 g/mol. The number of carbonyl (C=O) groups is 4. The highest BCUT2D eigenvalue weighted by molar-refractivity contribution is 9.10. The van der Waals surface area contributed by atoms with Crippen LogP contribution in [0, 0.1) is 34.9 Å². The van der Waals surface area contributed by atoms with Gasteiger partial charge in [-0.1, -0.05) is 50.8 Å². The van der Waals surface area contributed by atoms with E-state index in [2.05, 4.69) is 15.9 Å². The van der Waals surface area contributed by atoms with Gasteiger partial charge < -0.3 is 5.11 Å². The fraction of sp³-hybridized carbons (Fsp3) is 0.273. The number of fused-ring (bicyclic) bond motifs is 4. The molecule has 4 amide bonds. The minimum atomic E-state index is -1.40. The Morgan fingerprint density at radius 2 is 1.59 bits per heavy atom. The maximum atomic E-state index is 14.4. The molecular formula is C33H24BrCl2FN2O5. The summed E-state index contributed by atoms with van der Waals surface area (Å²) in [5.41, 5.74) is 0.240. The number of aromatic hydroxyl groups is 1. The minimum Gasteiger partial charge on any atom is -0.508 e. The van der Waals surface area contributed by atoms with Crippen LogP contribution in [-0.4, -0.2) is 28.7 Å². The summed E-state index contributed by atoms with van der Waals surface area (Å²) in [6, 6.07) is 15.1. The summed E-state index contributed by atoms with van der Waals surface area (Å²) < 4.78 is 14.9. The van der Waals surface area contributed by atoms with Crippen molar-refractivity contribution in [1.29, 1.82) is 0 Å². The van der Waals surface area contributed by atoms with E-state index >= 15 is 0 Å². The van der Waals surface area contributed by atoms with Gasteiger partial charge in [-0.15, -0.1) is 0 Å². The maximum Gasteiger partial charge on any atom is 0.241 e. The monoisotopic (exact) mass is 696 g/mol. The van der Waals surface area contributed by atoms with Crippen LogP contribution in [0.2, 0.25) is 10.0 Å². The van der Waals surface area contributed by atoms with E-state index in [4.69, 9.17) is 23.2 Å². The zero-order chi connectivity index (χ0) is 31.2. The third-order valence-electron chi connectivity index (χ3n) is 9.82. The van der Waals surface area contributed by atoms with Gasteiger partial charge in [0.25, 0.3) is 0 Å². The molecule has 0 radical (unpaired) electrons. The van der Waals surface area contributed by atoms with E-state index in [-0.39, 0.29) is 41.1 Å². The number of halogens is 4. The molecule has 1 saturated carbocycles. The van der Waals surface area contributed by atoms with Crippen molar-refractivity contribution in [3.63, 3.8) is 0 Å². The van der Waals surface area contributed by atoms with Crippen molar-refractivity contribution in [3.05, 3.63) is 98.2 Å². The van der Waals surface area contributed by atoms with Gasteiger partial charge in [-0.2, -0.15) is 0 Å². The Bertz CT molecular complexity index is 1830. The Labute approximate surface area is 270 Å².